The van der Waals surface area contributed by atoms with Crippen molar-refractivity contribution in [3.63, 3.8) is 0 Å². The maximum Gasteiger partial charge on any atom is 0.240 e. The van der Waals surface area contributed by atoms with Crippen LogP contribution in [0.15, 0.2) is 59.5 Å². The molecule has 22 heavy (non-hydrogen) atoms. The molecule has 0 aliphatic heterocycles. The van der Waals surface area contributed by atoms with Gasteiger partial charge in [0.05, 0.1) is 11.5 Å². The Morgan fingerprint density at radius 2 is 1.68 bits per heavy atom. The normalized spacial score (nSPS) is 13.0. The summed E-state index contributed by atoms with van der Waals surface area (Å²) in [4.78, 5) is 0.271. The summed E-state index contributed by atoms with van der Waals surface area (Å²) < 4.78 is 32.8. The lowest BCUT2D eigenvalue weighted by molar-refractivity contribution is 0.174. The predicted octanol–water partition coefficient (Wildman–Crippen LogP) is 2.53. The first-order chi connectivity index (χ1) is 10.5. The summed E-state index contributed by atoms with van der Waals surface area (Å²) in [6.45, 7) is 2.24. The molecule has 0 radical (unpaired) electrons. The number of sulfonamides is 1. The number of benzene rings is 2. The second-order valence-corrected chi connectivity index (χ2v) is 6.99. The van der Waals surface area contributed by atoms with Crippen molar-refractivity contribution in [1.82, 2.24) is 4.72 Å². The molecule has 2 aromatic carbocycles. The van der Waals surface area contributed by atoms with E-state index < -0.39 is 10.0 Å². The monoisotopic (exact) mass is 319 g/mol. The van der Waals surface area contributed by atoms with Crippen molar-refractivity contribution in [2.75, 3.05) is 13.7 Å². The molecular formula is C17H21NO3S. The summed E-state index contributed by atoms with van der Waals surface area (Å²) in [6, 6.07) is 16.3. The second-order valence-electron chi connectivity index (χ2n) is 5.28. The van der Waals surface area contributed by atoms with Crippen LogP contribution in [-0.2, 0) is 21.2 Å². The van der Waals surface area contributed by atoms with Crippen LogP contribution in [0, 0.1) is 6.92 Å². The molecule has 0 aliphatic rings. The fourth-order valence-electron chi connectivity index (χ4n) is 2.24. The largest absolute Gasteiger partial charge is 0.383 e. The molecule has 1 atom stereocenters. The third-order valence-corrected chi connectivity index (χ3v) is 4.88. The van der Waals surface area contributed by atoms with Crippen LogP contribution in [0.5, 0.6) is 0 Å². The summed E-state index contributed by atoms with van der Waals surface area (Å²) in [7, 11) is -1.98. The van der Waals surface area contributed by atoms with Gasteiger partial charge in [-0.05, 0) is 31.0 Å². The Morgan fingerprint density at radius 1 is 1.05 bits per heavy atom. The predicted molar refractivity (Wildman–Crippen MR) is 87.3 cm³/mol. The minimum absolute atomic E-state index is 0.271. The van der Waals surface area contributed by atoms with E-state index in [1.807, 2.05) is 37.3 Å². The van der Waals surface area contributed by atoms with Crippen LogP contribution < -0.4 is 4.72 Å². The zero-order valence-corrected chi connectivity index (χ0v) is 13.6. The lowest BCUT2D eigenvalue weighted by Gasteiger charge is -2.18. The van der Waals surface area contributed by atoms with Crippen molar-refractivity contribution < 1.29 is 13.2 Å². The van der Waals surface area contributed by atoms with Crippen LogP contribution in [0.1, 0.15) is 11.1 Å². The van der Waals surface area contributed by atoms with Gasteiger partial charge in [0.25, 0.3) is 0 Å². The Morgan fingerprint density at radius 3 is 2.27 bits per heavy atom. The zero-order valence-electron chi connectivity index (χ0n) is 12.8. The molecule has 118 valence electrons. The van der Waals surface area contributed by atoms with Gasteiger partial charge in [0.1, 0.15) is 0 Å². The Hall–Kier alpha value is -1.69. The smallest absolute Gasteiger partial charge is 0.240 e. The molecule has 0 aliphatic carbocycles. The summed E-state index contributed by atoms with van der Waals surface area (Å²) in [5.74, 6) is 0. The number of hydrogen-bond acceptors (Lipinski definition) is 3. The van der Waals surface area contributed by atoms with Gasteiger partial charge >= 0.3 is 0 Å². The van der Waals surface area contributed by atoms with Crippen LogP contribution in [0.3, 0.4) is 0 Å². The molecule has 0 spiro atoms. The molecule has 0 aromatic heterocycles. The van der Waals surface area contributed by atoms with E-state index in [4.69, 9.17) is 4.74 Å². The summed E-state index contributed by atoms with van der Waals surface area (Å²) in [5.41, 5.74) is 2.09. The van der Waals surface area contributed by atoms with Crippen molar-refractivity contribution in [3.05, 3.63) is 65.7 Å². The molecular weight excluding hydrogens is 298 g/mol. The van der Waals surface area contributed by atoms with Crippen LogP contribution in [-0.4, -0.2) is 28.2 Å². The molecule has 0 amide bonds. The fraction of sp³-hybridized carbons (Fsp3) is 0.294. The zero-order chi connectivity index (χ0) is 16.0. The van der Waals surface area contributed by atoms with E-state index >= 15 is 0 Å². The van der Waals surface area contributed by atoms with Gasteiger partial charge in [-0.15, -0.1) is 0 Å². The van der Waals surface area contributed by atoms with E-state index in [-0.39, 0.29) is 10.9 Å². The molecule has 1 unspecified atom stereocenters. The standard InChI is InChI=1S/C17H21NO3S/c1-14-8-10-17(11-9-14)22(19,20)18-16(13-21-2)12-15-6-4-3-5-7-15/h3-11,16,18H,12-13H2,1-2H3. The highest BCUT2D eigenvalue weighted by atomic mass is 32.2. The third kappa shape index (κ3) is 4.66. The van der Waals surface area contributed by atoms with E-state index in [1.165, 1.54) is 0 Å². The van der Waals surface area contributed by atoms with Crippen molar-refractivity contribution in [3.8, 4) is 0 Å². The lowest BCUT2D eigenvalue weighted by Crippen LogP contribution is -2.39. The van der Waals surface area contributed by atoms with Crippen molar-refractivity contribution >= 4 is 10.0 Å². The lowest BCUT2D eigenvalue weighted by atomic mass is 10.1. The first-order valence-corrected chi connectivity index (χ1v) is 8.61. The molecule has 0 saturated heterocycles. The van der Waals surface area contributed by atoms with Crippen molar-refractivity contribution in [1.29, 1.82) is 0 Å². The topological polar surface area (TPSA) is 55.4 Å². The molecule has 2 aromatic rings. The maximum atomic E-state index is 12.5. The van der Waals surface area contributed by atoms with E-state index in [9.17, 15) is 8.42 Å². The number of rotatable bonds is 7. The average molecular weight is 319 g/mol. The molecule has 5 heteroatoms. The molecule has 2 rings (SSSR count). The third-order valence-electron chi connectivity index (χ3n) is 3.35. The Bertz CT molecular complexity index is 682. The van der Waals surface area contributed by atoms with E-state index in [0.717, 1.165) is 11.1 Å². The highest BCUT2D eigenvalue weighted by molar-refractivity contribution is 7.89. The van der Waals surface area contributed by atoms with Gasteiger partial charge in [-0.2, -0.15) is 0 Å². The SMILES string of the molecule is COCC(Cc1ccccc1)NS(=O)(=O)c1ccc(C)cc1. The van der Waals surface area contributed by atoms with Gasteiger partial charge in [0.2, 0.25) is 10.0 Å². The van der Waals surface area contributed by atoms with E-state index in [0.29, 0.717) is 13.0 Å². The number of methoxy groups -OCH3 is 1. The Kier molecular flexibility index (Phi) is 5.71. The van der Waals surface area contributed by atoms with E-state index in [1.54, 1.807) is 31.4 Å². The van der Waals surface area contributed by atoms with Crippen LogP contribution >= 0.6 is 0 Å². The Labute approximate surface area is 132 Å². The molecule has 0 fully saturated rings. The Balaban J connectivity index is 2.14. The number of nitrogens with one attached hydrogen (secondary N) is 1. The van der Waals surface area contributed by atoms with Gasteiger partial charge in [-0.1, -0.05) is 48.0 Å². The van der Waals surface area contributed by atoms with E-state index in [2.05, 4.69) is 4.72 Å². The quantitative estimate of drug-likeness (QED) is 0.853. The van der Waals surface area contributed by atoms with Gasteiger partial charge in [-0.25, -0.2) is 13.1 Å². The molecule has 4 nitrogen and oxygen atoms in total. The first kappa shape index (κ1) is 16.7. The number of hydrogen-bond donors (Lipinski definition) is 1. The van der Waals surface area contributed by atoms with Gasteiger partial charge in [0.15, 0.2) is 0 Å². The number of ether oxygens (including phenoxy) is 1. The minimum Gasteiger partial charge on any atom is -0.383 e. The van der Waals surface area contributed by atoms with Gasteiger partial charge in [0, 0.05) is 13.2 Å². The molecule has 1 N–H and O–H groups in total. The van der Waals surface area contributed by atoms with Crippen LogP contribution in [0.2, 0.25) is 0 Å². The fourth-order valence-corrected chi connectivity index (χ4v) is 3.46. The maximum absolute atomic E-state index is 12.5. The second kappa shape index (κ2) is 7.54. The van der Waals surface area contributed by atoms with Crippen LogP contribution in [0.25, 0.3) is 0 Å². The van der Waals surface area contributed by atoms with Crippen molar-refractivity contribution in [2.24, 2.45) is 0 Å². The summed E-state index contributed by atoms with van der Waals surface area (Å²) in [6.07, 6.45) is 0.583. The summed E-state index contributed by atoms with van der Waals surface area (Å²) >= 11 is 0. The van der Waals surface area contributed by atoms with Crippen LogP contribution in [0.4, 0.5) is 0 Å². The summed E-state index contributed by atoms with van der Waals surface area (Å²) in [5, 5.41) is 0. The highest BCUT2D eigenvalue weighted by Gasteiger charge is 2.20. The number of aryl methyl sites for hydroxylation is 1. The van der Waals surface area contributed by atoms with Crippen molar-refractivity contribution in [2.45, 2.75) is 24.3 Å². The molecule has 0 saturated carbocycles. The average Bonchev–Trinajstić information content (AvgIpc) is 2.48. The molecule has 0 bridgehead atoms. The highest BCUT2D eigenvalue weighted by Crippen LogP contribution is 2.12. The minimum atomic E-state index is -3.55. The van der Waals surface area contributed by atoms with Gasteiger partial charge < -0.3 is 4.74 Å². The van der Waals surface area contributed by atoms with Gasteiger partial charge in [-0.3, -0.25) is 0 Å². The molecule has 0 heterocycles. The first-order valence-electron chi connectivity index (χ1n) is 7.13.